The molecule has 6 heteroatoms. The molecule has 0 saturated heterocycles. The number of unbranched alkanes of at least 4 members (excludes halogenated alkanes) is 6. The summed E-state index contributed by atoms with van der Waals surface area (Å²) in [5.41, 5.74) is 0.987. The van der Waals surface area contributed by atoms with Crippen LogP contribution >= 0.6 is 0 Å². The van der Waals surface area contributed by atoms with Crippen LogP contribution in [0.25, 0.3) is 0 Å². The number of rotatable bonds is 11. The molecule has 2 aromatic rings. The van der Waals surface area contributed by atoms with Crippen LogP contribution < -0.4 is 4.74 Å². The van der Waals surface area contributed by atoms with Crippen LogP contribution in [0.15, 0.2) is 47.4 Å². The van der Waals surface area contributed by atoms with Crippen molar-refractivity contribution in [3.8, 4) is 17.2 Å². The molecule has 0 saturated carbocycles. The van der Waals surface area contributed by atoms with Crippen molar-refractivity contribution in [2.75, 3.05) is 0 Å². The van der Waals surface area contributed by atoms with Gasteiger partial charge in [0.05, 0.1) is 0 Å². The fourth-order valence-electron chi connectivity index (χ4n) is 2.98. The molecule has 0 aliphatic heterocycles. The second-order valence-corrected chi connectivity index (χ2v) is 8.08. The van der Waals surface area contributed by atoms with E-state index in [0.717, 1.165) is 30.9 Å². The van der Waals surface area contributed by atoms with E-state index in [4.69, 9.17) is 4.74 Å². The highest BCUT2D eigenvalue weighted by atomic mass is 32.2. The Hall–Kier alpha value is -2.05. The molecule has 0 aromatic heterocycles. The third-order valence-corrected chi connectivity index (χ3v) is 5.32. The lowest BCUT2D eigenvalue weighted by Gasteiger charge is -2.13. The first-order valence-electron chi connectivity index (χ1n) is 9.48. The quantitative estimate of drug-likeness (QED) is 0.377. The smallest absolute Gasteiger partial charge is 0.298 e. The summed E-state index contributed by atoms with van der Waals surface area (Å²) >= 11 is 0. The Morgan fingerprint density at radius 3 is 2.26 bits per heavy atom. The highest BCUT2D eigenvalue weighted by molar-refractivity contribution is 7.86. The Morgan fingerprint density at radius 1 is 0.889 bits per heavy atom. The van der Waals surface area contributed by atoms with Crippen molar-refractivity contribution in [3.05, 3.63) is 48.0 Å². The van der Waals surface area contributed by atoms with Gasteiger partial charge in [0.1, 0.15) is 22.1 Å². The van der Waals surface area contributed by atoms with Crippen LogP contribution in [0.4, 0.5) is 0 Å². The van der Waals surface area contributed by atoms with Crippen LogP contribution in [0.3, 0.4) is 0 Å². The average Bonchev–Trinajstić information content (AvgIpc) is 2.63. The molecule has 0 atom stereocenters. The van der Waals surface area contributed by atoms with Crippen molar-refractivity contribution in [1.29, 1.82) is 0 Å². The minimum atomic E-state index is -4.51. The van der Waals surface area contributed by atoms with Crippen LogP contribution in [0.2, 0.25) is 0 Å². The minimum absolute atomic E-state index is 0.0117. The van der Waals surface area contributed by atoms with E-state index < -0.39 is 15.0 Å². The molecular weight excluding hydrogens is 364 g/mol. The molecule has 0 bridgehead atoms. The van der Waals surface area contributed by atoms with Gasteiger partial charge in [0.2, 0.25) is 0 Å². The zero-order valence-corrected chi connectivity index (χ0v) is 16.5. The molecule has 0 unspecified atom stereocenters. The first kappa shape index (κ1) is 21.3. The van der Waals surface area contributed by atoms with Gasteiger partial charge in [-0.15, -0.1) is 0 Å². The predicted octanol–water partition coefficient (Wildman–Crippen LogP) is 5.72. The third kappa shape index (κ3) is 6.88. The van der Waals surface area contributed by atoms with Gasteiger partial charge in [-0.05, 0) is 36.6 Å². The summed E-state index contributed by atoms with van der Waals surface area (Å²) in [6.45, 7) is 2.21. The molecule has 148 valence electrons. The van der Waals surface area contributed by atoms with E-state index >= 15 is 0 Å². The van der Waals surface area contributed by atoms with Crippen LogP contribution in [0.5, 0.6) is 17.2 Å². The monoisotopic (exact) mass is 392 g/mol. The van der Waals surface area contributed by atoms with E-state index in [1.165, 1.54) is 44.2 Å². The van der Waals surface area contributed by atoms with Crippen molar-refractivity contribution in [1.82, 2.24) is 0 Å². The van der Waals surface area contributed by atoms with Gasteiger partial charge in [0, 0.05) is 6.07 Å². The molecule has 5 nitrogen and oxygen atoms in total. The number of phenols is 1. The summed E-state index contributed by atoms with van der Waals surface area (Å²) in [4.78, 5) is -0.451. The number of aryl methyl sites for hydroxylation is 1. The molecule has 0 heterocycles. The maximum absolute atomic E-state index is 11.6. The van der Waals surface area contributed by atoms with E-state index in [0.29, 0.717) is 5.75 Å². The van der Waals surface area contributed by atoms with Crippen molar-refractivity contribution in [2.45, 2.75) is 63.2 Å². The first-order chi connectivity index (χ1) is 12.9. The van der Waals surface area contributed by atoms with Crippen molar-refractivity contribution in [2.24, 2.45) is 0 Å². The number of hydrogen-bond donors (Lipinski definition) is 2. The van der Waals surface area contributed by atoms with Crippen LogP contribution in [-0.4, -0.2) is 18.1 Å². The fourth-order valence-corrected chi connectivity index (χ4v) is 3.62. The largest absolute Gasteiger partial charge is 0.508 e. The number of phenolic OH excluding ortho intramolecular Hbond substituents is 1. The predicted molar refractivity (Wildman–Crippen MR) is 106 cm³/mol. The normalized spacial score (nSPS) is 11.5. The van der Waals surface area contributed by atoms with Gasteiger partial charge in [-0.2, -0.15) is 8.42 Å². The summed E-state index contributed by atoms with van der Waals surface area (Å²) in [7, 11) is -4.51. The molecule has 0 aliphatic rings. The van der Waals surface area contributed by atoms with E-state index in [2.05, 4.69) is 6.92 Å². The Morgan fingerprint density at radius 2 is 1.56 bits per heavy atom. The molecular formula is C21H28O5S. The van der Waals surface area contributed by atoms with Gasteiger partial charge < -0.3 is 9.84 Å². The third-order valence-electron chi connectivity index (χ3n) is 4.45. The van der Waals surface area contributed by atoms with Gasteiger partial charge in [-0.1, -0.05) is 63.6 Å². The van der Waals surface area contributed by atoms with Crippen molar-refractivity contribution >= 4 is 10.1 Å². The fraction of sp³-hybridized carbons (Fsp3) is 0.429. The van der Waals surface area contributed by atoms with Crippen LogP contribution in [-0.2, 0) is 16.5 Å². The van der Waals surface area contributed by atoms with Crippen molar-refractivity contribution in [3.63, 3.8) is 0 Å². The molecule has 2 N–H and O–H groups in total. The maximum Gasteiger partial charge on any atom is 0.298 e. The Kier molecular flexibility index (Phi) is 8.13. The summed E-state index contributed by atoms with van der Waals surface area (Å²) in [6, 6.07) is 11.1. The lowest BCUT2D eigenvalue weighted by atomic mass is 10.0. The van der Waals surface area contributed by atoms with Crippen molar-refractivity contribution < 1.29 is 22.8 Å². The molecule has 0 aliphatic carbocycles. The van der Waals surface area contributed by atoms with Gasteiger partial charge in [0.25, 0.3) is 10.1 Å². The number of para-hydroxylation sites is 1. The zero-order valence-electron chi connectivity index (χ0n) is 15.7. The van der Waals surface area contributed by atoms with E-state index in [9.17, 15) is 18.1 Å². The molecule has 2 aromatic carbocycles. The van der Waals surface area contributed by atoms with Crippen LogP contribution in [0.1, 0.15) is 57.4 Å². The number of hydrogen-bond acceptors (Lipinski definition) is 4. The Balaban J connectivity index is 2.04. The van der Waals surface area contributed by atoms with Gasteiger partial charge >= 0.3 is 0 Å². The minimum Gasteiger partial charge on any atom is -0.508 e. The average molecular weight is 393 g/mol. The number of aromatic hydroxyl groups is 1. The van der Waals surface area contributed by atoms with Gasteiger partial charge in [-0.3, -0.25) is 4.55 Å². The molecule has 0 radical (unpaired) electrons. The second-order valence-electron chi connectivity index (χ2n) is 6.69. The number of benzene rings is 2. The summed E-state index contributed by atoms with van der Waals surface area (Å²) in [6.07, 6.45) is 9.32. The van der Waals surface area contributed by atoms with E-state index in [-0.39, 0.29) is 11.5 Å². The van der Waals surface area contributed by atoms with E-state index in [1.807, 2.05) is 18.2 Å². The highest BCUT2D eigenvalue weighted by Crippen LogP contribution is 2.33. The topological polar surface area (TPSA) is 83.8 Å². The molecule has 0 fully saturated rings. The molecule has 27 heavy (non-hydrogen) atoms. The molecule has 0 amide bonds. The molecule has 0 spiro atoms. The zero-order chi connectivity index (χ0) is 19.7. The highest BCUT2D eigenvalue weighted by Gasteiger charge is 2.19. The van der Waals surface area contributed by atoms with Gasteiger partial charge in [0.15, 0.2) is 0 Å². The van der Waals surface area contributed by atoms with Gasteiger partial charge in [-0.25, -0.2) is 0 Å². The maximum atomic E-state index is 11.6. The first-order valence-corrected chi connectivity index (χ1v) is 10.9. The lowest BCUT2D eigenvalue weighted by molar-refractivity contribution is 0.435. The number of ether oxygens (including phenoxy) is 1. The Labute approximate surface area is 161 Å². The summed E-state index contributed by atoms with van der Waals surface area (Å²) in [5, 5.41) is 9.51. The lowest BCUT2D eigenvalue weighted by Crippen LogP contribution is -2.02. The van der Waals surface area contributed by atoms with E-state index in [1.54, 1.807) is 6.07 Å². The van der Waals surface area contributed by atoms with Crippen LogP contribution in [0, 0.1) is 0 Å². The SMILES string of the molecule is CCCCCCCCCc1ccccc1Oc1ccc(O)cc1S(=O)(=O)O. The second kappa shape index (κ2) is 10.3. The summed E-state index contributed by atoms with van der Waals surface area (Å²) < 4.78 is 38.3. The Bertz CT molecular complexity index is 830. The summed E-state index contributed by atoms with van der Waals surface area (Å²) in [5.74, 6) is 0.285. The molecule has 2 rings (SSSR count). The standard InChI is InChI=1S/C21H28O5S/c1-2-3-4-5-6-7-8-11-17-12-9-10-13-19(17)26-20-15-14-18(22)16-21(20)27(23,24)25/h9-10,12-16,22H,2-8,11H2,1H3,(H,23,24,25).